The number of hydrogen-bond donors (Lipinski definition) is 0. The predicted octanol–water partition coefficient (Wildman–Crippen LogP) is 3.69. The van der Waals surface area contributed by atoms with Crippen LogP contribution in [0.1, 0.15) is 31.2 Å². The van der Waals surface area contributed by atoms with Crippen LogP contribution >= 0.6 is 0 Å². The SMILES string of the molecule is Cn1cc(CN2CCCCCC2)c2cccc(F)c21. The Bertz CT molecular complexity index is 565. The molecule has 19 heavy (non-hydrogen) atoms. The fourth-order valence-corrected chi connectivity index (χ4v) is 3.16. The minimum atomic E-state index is -0.123. The molecule has 0 N–H and O–H groups in total. The molecule has 3 rings (SSSR count). The molecule has 2 nitrogen and oxygen atoms in total. The second-order valence-electron chi connectivity index (χ2n) is 5.59. The van der Waals surface area contributed by atoms with Crippen molar-refractivity contribution in [3.05, 3.63) is 35.8 Å². The highest BCUT2D eigenvalue weighted by Crippen LogP contribution is 2.25. The quantitative estimate of drug-likeness (QED) is 0.799. The van der Waals surface area contributed by atoms with Gasteiger partial charge in [-0.05, 0) is 37.6 Å². The Balaban J connectivity index is 1.90. The van der Waals surface area contributed by atoms with Gasteiger partial charge in [-0.15, -0.1) is 0 Å². The number of aromatic nitrogens is 1. The standard InChI is InChI=1S/C16H21FN2/c1-18-11-13(12-19-9-4-2-3-5-10-19)14-7-6-8-15(17)16(14)18/h6-8,11H,2-5,9-10,12H2,1H3. The van der Waals surface area contributed by atoms with Crippen molar-refractivity contribution in [3.8, 4) is 0 Å². The fourth-order valence-electron chi connectivity index (χ4n) is 3.16. The Hall–Kier alpha value is -1.35. The fraction of sp³-hybridized carbons (Fsp3) is 0.500. The van der Waals surface area contributed by atoms with Crippen molar-refractivity contribution < 1.29 is 4.39 Å². The number of para-hydroxylation sites is 1. The average molecular weight is 260 g/mol. The molecular weight excluding hydrogens is 239 g/mol. The maximum atomic E-state index is 13.9. The van der Waals surface area contributed by atoms with Crippen LogP contribution in [0.5, 0.6) is 0 Å². The van der Waals surface area contributed by atoms with Crippen LogP contribution in [0.3, 0.4) is 0 Å². The van der Waals surface area contributed by atoms with Gasteiger partial charge in [0.15, 0.2) is 0 Å². The van der Waals surface area contributed by atoms with Gasteiger partial charge < -0.3 is 4.57 Å². The molecule has 0 atom stereocenters. The Morgan fingerprint density at radius 2 is 1.84 bits per heavy atom. The van der Waals surface area contributed by atoms with Crippen molar-refractivity contribution in [3.63, 3.8) is 0 Å². The summed E-state index contributed by atoms with van der Waals surface area (Å²) in [5.41, 5.74) is 1.98. The molecule has 0 saturated carbocycles. The summed E-state index contributed by atoms with van der Waals surface area (Å²) < 4.78 is 15.8. The van der Waals surface area contributed by atoms with Gasteiger partial charge in [-0.25, -0.2) is 4.39 Å². The Morgan fingerprint density at radius 1 is 1.11 bits per heavy atom. The molecule has 1 saturated heterocycles. The van der Waals surface area contributed by atoms with E-state index in [4.69, 9.17) is 0 Å². The third-order valence-electron chi connectivity index (χ3n) is 4.13. The molecule has 1 fully saturated rings. The van der Waals surface area contributed by atoms with E-state index in [0.29, 0.717) is 0 Å². The maximum Gasteiger partial charge on any atom is 0.147 e. The summed E-state index contributed by atoms with van der Waals surface area (Å²) in [6.07, 6.45) is 7.36. The highest BCUT2D eigenvalue weighted by atomic mass is 19.1. The van der Waals surface area contributed by atoms with Crippen LogP contribution in [0.4, 0.5) is 4.39 Å². The van der Waals surface area contributed by atoms with Crippen LogP contribution in [-0.4, -0.2) is 22.6 Å². The van der Waals surface area contributed by atoms with E-state index in [1.54, 1.807) is 0 Å². The molecular formula is C16H21FN2. The highest BCUT2D eigenvalue weighted by molar-refractivity contribution is 5.84. The summed E-state index contributed by atoms with van der Waals surface area (Å²) in [6.45, 7) is 3.29. The van der Waals surface area contributed by atoms with E-state index in [9.17, 15) is 4.39 Å². The van der Waals surface area contributed by atoms with Crippen LogP contribution in [-0.2, 0) is 13.6 Å². The zero-order chi connectivity index (χ0) is 13.2. The van der Waals surface area contributed by atoms with Crippen molar-refractivity contribution in [1.82, 2.24) is 9.47 Å². The smallest absolute Gasteiger partial charge is 0.147 e. The number of rotatable bonds is 2. The lowest BCUT2D eigenvalue weighted by molar-refractivity contribution is 0.278. The molecule has 2 aromatic rings. The first-order chi connectivity index (χ1) is 9.25. The van der Waals surface area contributed by atoms with E-state index in [1.165, 1.54) is 50.4 Å². The van der Waals surface area contributed by atoms with Crippen LogP contribution in [0.25, 0.3) is 10.9 Å². The molecule has 3 heteroatoms. The lowest BCUT2D eigenvalue weighted by atomic mass is 10.1. The molecule has 102 valence electrons. The lowest BCUT2D eigenvalue weighted by Gasteiger charge is -2.19. The summed E-state index contributed by atoms with van der Waals surface area (Å²) in [5.74, 6) is -0.123. The van der Waals surface area contributed by atoms with Gasteiger partial charge >= 0.3 is 0 Å². The first kappa shape index (κ1) is 12.7. The third kappa shape index (κ3) is 2.52. The van der Waals surface area contributed by atoms with Crippen molar-refractivity contribution >= 4 is 10.9 Å². The zero-order valence-electron chi connectivity index (χ0n) is 11.5. The van der Waals surface area contributed by atoms with E-state index >= 15 is 0 Å². The van der Waals surface area contributed by atoms with Crippen molar-refractivity contribution in [1.29, 1.82) is 0 Å². The summed E-state index contributed by atoms with van der Waals surface area (Å²) in [4.78, 5) is 2.51. The normalized spacial score (nSPS) is 17.8. The highest BCUT2D eigenvalue weighted by Gasteiger charge is 2.14. The Labute approximate surface area is 113 Å². The molecule has 0 aliphatic carbocycles. The van der Waals surface area contributed by atoms with Crippen molar-refractivity contribution in [2.45, 2.75) is 32.2 Å². The monoisotopic (exact) mass is 260 g/mol. The van der Waals surface area contributed by atoms with Gasteiger partial charge in [-0.1, -0.05) is 25.0 Å². The van der Waals surface area contributed by atoms with Crippen LogP contribution in [0, 0.1) is 5.82 Å². The van der Waals surface area contributed by atoms with Gasteiger partial charge in [0.1, 0.15) is 5.82 Å². The third-order valence-corrected chi connectivity index (χ3v) is 4.13. The first-order valence-corrected chi connectivity index (χ1v) is 7.20. The minimum absolute atomic E-state index is 0.123. The lowest BCUT2D eigenvalue weighted by Crippen LogP contribution is -2.23. The van der Waals surface area contributed by atoms with Gasteiger partial charge in [0, 0.05) is 25.2 Å². The van der Waals surface area contributed by atoms with Gasteiger partial charge in [0.05, 0.1) is 5.52 Å². The van der Waals surface area contributed by atoms with Gasteiger partial charge in [-0.3, -0.25) is 4.90 Å². The summed E-state index contributed by atoms with van der Waals surface area (Å²) in [7, 11) is 1.93. The van der Waals surface area contributed by atoms with Crippen LogP contribution in [0.15, 0.2) is 24.4 Å². The molecule has 1 aromatic heterocycles. The van der Waals surface area contributed by atoms with Crippen molar-refractivity contribution in [2.75, 3.05) is 13.1 Å². The molecule has 2 heterocycles. The first-order valence-electron chi connectivity index (χ1n) is 7.20. The van der Waals surface area contributed by atoms with E-state index in [0.717, 1.165) is 17.4 Å². The summed E-state index contributed by atoms with van der Waals surface area (Å²) in [5, 5.41) is 1.06. The Kier molecular flexibility index (Phi) is 3.56. The number of aryl methyl sites for hydroxylation is 1. The number of benzene rings is 1. The van der Waals surface area contributed by atoms with E-state index in [2.05, 4.69) is 11.1 Å². The van der Waals surface area contributed by atoms with E-state index in [1.807, 2.05) is 23.7 Å². The minimum Gasteiger partial charge on any atom is -0.348 e. The number of nitrogens with zero attached hydrogens (tertiary/aromatic N) is 2. The maximum absolute atomic E-state index is 13.9. The number of fused-ring (bicyclic) bond motifs is 1. The second kappa shape index (κ2) is 5.33. The molecule has 0 unspecified atom stereocenters. The Morgan fingerprint density at radius 3 is 2.58 bits per heavy atom. The molecule has 0 bridgehead atoms. The summed E-state index contributed by atoms with van der Waals surface area (Å²) in [6, 6.07) is 5.38. The van der Waals surface area contributed by atoms with Gasteiger partial charge in [-0.2, -0.15) is 0 Å². The molecule has 0 amide bonds. The van der Waals surface area contributed by atoms with Gasteiger partial charge in [0.2, 0.25) is 0 Å². The molecule has 0 spiro atoms. The topological polar surface area (TPSA) is 8.17 Å². The summed E-state index contributed by atoms with van der Waals surface area (Å²) >= 11 is 0. The van der Waals surface area contributed by atoms with E-state index < -0.39 is 0 Å². The number of likely N-dealkylation sites (tertiary alicyclic amines) is 1. The molecule has 1 aromatic carbocycles. The predicted molar refractivity (Wildman–Crippen MR) is 76.6 cm³/mol. The van der Waals surface area contributed by atoms with E-state index in [-0.39, 0.29) is 5.82 Å². The van der Waals surface area contributed by atoms with Crippen LogP contribution in [0.2, 0.25) is 0 Å². The molecule has 1 aliphatic rings. The number of halogens is 1. The molecule has 1 aliphatic heterocycles. The van der Waals surface area contributed by atoms with Crippen LogP contribution < -0.4 is 0 Å². The zero-order valence-corrected chi connectivity index (χ0v) is 11.5. The molecule has 0 radical (unpaired) electrons. The van der Waals surface area contributed by atoms with Gasteiger partial charge in [0.25, 0.3) is 0 Å². The average Bonchev–Trinajstić information content (AvgIpc) is 2.58. The van der Waals surface area contributed by atoms with Crippen molar-refractivity contribution in [2.24, 2.45) is 7.05 Å². The largest absolute Gasteiger partial charge is 0.348 e. The second-order valence-corrected chi connectivity index (χ2v) is 5.59. The number of hydrogen-bond acceptors (Lipinski definition) is 1.